The monoisotopic (exact) mass is 423 g/mol. The third-order valence-electron chi connectivity index (χ3n) is 6.13. The van der Waals surface area contributed by atoms with E-state index in [2.05, 4.69) is 40.8 Å². The van der Waals surface area contributed by atoms with Crippen molar-refractivity contribution < 1.29 is 9.09 Å². The number of benzene rings is 2. The molecule has 0 radical (unpaired) electrons. The molecule has 1 fully saturated rings. The molecular weight excluding hydrogens is 393 g/mol. The zero-order chi connectivity index (χ0) is 21.1. The number of hydrogen-bond acceptors (Lipinski definition) is 5. The molecular formula is C24H30N3O2P. The average Bonchev–Trinajstić information content (AvgIpc) is 2.74. The van der Waals surface area contributed by atoms with Crippen LogP contribution in [0.4, 0.5) is 5.82 Å². The second kappa shape index (κ2) is 8.77. The van der Waals surface area contributed by atoms with Crippen molar-refractivity contribution in [1.29, 1.82) is 0 Å². The summed E-state index contributed by atoms with van der Waals surface area (Å²) in [6.45, 7) is 7.95. The Morgan fingerprint density at radius 1 is 1.07 bits per heavy atom. The zero-order valence-corrected chi connectivity index (χ0v) is 18.9. The molecule has 1 unspecified atom stereocenters. The molecule has 4 rings (SSSR count). The molecule has 1 aliphatic heterocycles. The van der Waals surface area contributed by atoms with Crippen molar-refractivity contribution in [2.75, 3.05) is 30.8 Å². The normalized spacial score (nSPS) is 17.1. The maximum absolute atomic E-state index is 12.9. The standard InChI is InChI=1S/C24H30N3O2P/c1-18-15-22-23(16-19(18)2)25-17-26-24(22)27-12-9-20(10-13-27)11-14-30(3,28)29-21-7-5-4-6-8-21/h4-8,15-17,20H,9-14H2,1-3H3. The van der Waals surface area contributed by atoms with Crippen molar-refractivity contribution in [3.8, 4) is 5.75 Å². The van der Waals surface area contributed by atoms with Crippen LogP contribution in [0.2, 0.25) is 0 Å². The van der Waals surface area contributed by atoms with Crippen molar-refractivity contribution >= 4 is 24.1 Å². The number of nitrogens with zero attached hydrogens (tertiary/aromatic N) is 3. The van der Waals surface area contributed by atoms with Gasteiger partial charge in [-0.25, -0.2) is 9.97 Å². The lowest BCUT2D eigenvalue weighted by atomic mass is 9.94. The largest absolute Gasteiger partial charge is 0.443 e. The number of rotatable bonds is 6. The van der Waals surface area contributed by atoms with Gasteiger partial charge in [0.2, 0.25) is 7.37 Å². The number of anilines is 1. The predicted octanol–water partition coefficient (Wildman–Crippen LogP) is 5.84. The fourth-order valence-electron chi connectivity index (χ4n) is 4.15. The van der Waals surface area contributed by atoms with Crippen LogP contribution in [0.5, 0.6) is 5.75 Å². The van der Waals surface area contributed by atoms with E-state index in [1.54, 1.807) is 13.0 Å². The fraction of sp³-hybridized carbons (Fsp3) is 0.417. The summed E-state index contributed by atoms with van der Waals surface area (Å²) in [6.07, 6.45) is 5.41. The minimum absolute atomic E-state index is 0.575. The van der Waals surface area contributed by atoms with E-state index in [1.807, 2.05) is 30.3 Å². The van der Waals surface area contributed by atoms with Gasteiger partial charge in [0, 0.05) is 31.3 Å². The van der Waals surface area contributed by atoms with Crippen LogP contribution < -0.4 is 9.42 Å². The molecule has 2 aromatic carbocycles. The van der Waals surface area contributed by atoms with E-state index < -0.39 is 7.37 Å². The van der Waals surface area contributed by atoms with Crippen LogP contribution >= 0.6 is 7.37 Å². The maximum Gasteiger partial charge on any atom is 0.245 e. The van der Waals surface area contributed by atoms with Gasteiger partial charge in [-0.05, 0) is 74.4 Å². The van der Waals surface area contributed by atoms with Gasteiger partial charge in [-0.2, -0.15) is 0 Å². The minimum Gasteiger partial charge on any atom is -0.443 e. The van der Waals surface area contributed by atoms with Crippen molar-refractivity contribution in [3.63, 3.8) is 0 Å². The molecule has 0 spiro atoms. The second-order valence-corrected chi connectivity index (χ2v) is 11.2. The number of aromatic nitrogens is 2. The molecule has 158 valence electrons. The van der Waals surface area contributed by atoms with Crippen LogP contribution in [-0.4, -0.2) is 35.9 Å². The predicted molar refractivity (Wildman–Crippen MR) is 124 cm³/mol. The van der Waals surface area contributed by atoms with Crippen LogP contribution in [0, 0.1) is 19.8 Å². The second-order valence-electron chi connectivity index (χ2n) is 8.51. The van der Waals surface area contributed by atoms with E-state index in [0.29, 0.717) is 17.8 Å². The Balaban J connectivity index is 1.36. The lowest BCUT2D eigenvalue weighted by Crippen LogP contribution is -2.34. The van der Waals surface area contributed by atoms with Gasteiger partial charge in [0.25, 0.3) is 0 Å². The van der Waals surface area contributed by atoms with Gasteiger partial charge in [-0.1, -0.05) is 18.2 Å². The molecule has 5 nitrogen and oxygen atoms in total. The third kappa shape index (κ3) is 4.84. The first kappa shape index (κ1) is 20.9. The van der Waals surface area contributed by atoms with E-state index in [4.69, 9.17) is 4.52 Å². The molecule has 30 heavy (non-hydrogen) atoms. The van der Waals surface area contributed by atoms with Crippen molar-refractivity contribution in [3.05, 3.63) is 59.9 Å². The Bertz CT molecular complexity index is 1060. The Kier molecular flexibility index (Phi) is 6.10. The first-order valence-electron chi connectivity index (χ1n) is 10.7. The van der Waals surface area contributed by atoms with Crippen molar-refractivity contribution in [2.24, 2.45) is 5.92 Å². The number of piperidine rings is 1. The highest BCUT2D eigenvalue weighted by Gasteiger charge is 2.25. The van der Waals surface area contributed by atoms with Crippen LogP contribution in [0.15, 0.2) is 48.8 Å². The Hall–Kier alpha value is -2.39. The molecule has 2 heterocycles. The molecule has 0 bridgehead atoms. The van der Waals surface area contributed by atoms with E-state index >= 15 is 0 Å². The molecule has 1 aliphatic rings. The Labute approximate surface area is 179 Å². The Morgan fingerprint density at radius 2 is 1.77 bits per heavy atom. The van der Waals surface area contributed by atoms with E-state index in [9.17, 15) is 4.57 Å². The highest BCUT2D eigenvalue weighted by Crippen LogP contribution is 2.45. The summed E-state index contributed by atoms with van der Waals surface area (Å²) in [4.78, 5) is 11.4. The lowest BCUT2D eigenvalue weighted by Gasteiger charge is -2.33. The number of hydrogen-bond donors (Lipinski definition) is 0. The van der Waals surface area contributed by atoms with Gasteiger partial charge < -0.3 is 9.42 Å². The zero-order valence-electron chi connectivity index (χ0n) is 18.0. The summed E-state index contributed by atoms with van der Waals surface area (Å²) in [6, 6.07) is 13.8. The van der Waals surface area contributed by atoms with Crippen molar-refractivity contribution in [2.45, 2.75) is 33.1 Å². The average molecular weight is 423 g/mol. The third-order valence-corrected chi connectivity index (χ3v) is 7.80. The summed E-state index contributed by atoms with van der Waals surface area (Å²) in [7, 11) is -2.63. The highest BCUT2D eigenvalue weighted by atomic mass is 31.2. The van der Waals surface area contributed by atoms with Gasteiger partial charge in [-0.3, -0.25) is 4.57 Å². The first-order chi connectivity index (χ1) is 14.4. The summed E-state index contributed by atoms with van der Waals surface area (Å²) in [5.41, 5.74) is 3.54. The van der Waals surface area contributed by atoms with Gasteiger partial charge in [0.1, 0.15) is 17.9 Å². The number of para-hydroxylation sites is 1. The highest BCUT2D eigenvalue weighted by molar-refractivity contribution is 7.58. The SMILES string of the molecule is Cc1cc2ncnc(N3CCC(CCP(C)(=O)Oc4ccccc4)CC3)c2cc1C. The first-order valence-corrected chi connectivity index (χ1v) is 12.9. The number of aryl methyl sites for hydroxylation is 2. The molecule has 0 N–H and O–H groups in total. The van der Waals surface area contributed by atoms with E-state index in [1.165, 1.54) is 11.1 Å². The van der Waals surface area contributed by atoms with Crippen LogP contribution in [0.25, 0.3) is 10.9 Å². The van der Waals surface area contributed by atoms with Gasteiger partial charge >= 0.3 is 0 Å². The van der Waals surface area contributed by atoms with E-state index in [0.717, 1.165) is 49.1 Å². The summed E-state index contributed by atoms with van der Waals surface area (Å²) in [5, 5.41) is 1.13. The molecule has 1 saturated heterocycles. The van der Waals surface area contributed by atoms with Crippen molar-refractivity contribution in [1.82, 2.24) is 9.97 Å². The molecule has 1 atom stereocenters. The molecule has 1 aromatic heterocycles. The molecule has 0 aliphatic carbocycles. The quantitative estimate of drug-likeness (QED) is 0.466. The van der Waals surface area contributed by atoms with Crippen LogP contribution in [-0.2, 0) is 4.57 Å². The van der Waals surface area contributed by atoms with Gasteiger partial charge in [-0.15, -0.1) is 0 Å². The molecule has 0 saturated carbocycles. The minimum atomic E-state index is -2.63. The fourth-order valence-corrected chi connectivity index (χ4v) is 5.65. The Morgan fingerprint density at radius 3 is 2.50 bits per heavy atom. The van der Waals surface area contributed by atoms with Gasteiger partial charge in [0.15, 0.2) is 0 Å². The summed E-state index contributed by atoms with van der Waals surface area (Å²) in [5.74, 6) is 2.31. The summed E-state index contributed by atoms with van der Waals surface area (Å²) < 4.78 is 18.6. The molecule has 6 heteroatoms. The lowest BCUT2D eigenvalue weighted by molar-refractivity contribution is 0.388. The maximum atomic E-state index is 12.9. The molecule has 3 aromatic rings. The van der Waals surface area contributed by atoms with Crippen LogP contribution in [0.3, 0.4) is 0 Å². The topological polar surface area (TPSA) is 55.3 Å². The van der Waals surface area contributed by atoms with E-state index in [-0.39, 0.29) is 0 Å². The molecule has 0 amide bonds. The number of fused-ring (bicyclic) bond motifs is 1. The summed E-state index contributed by atoms with van der Waals surface area (Å²) >= 11 is 0. The van der Waals surface area contributed by atoms with Gasteiger partial charge in [0.05, 0.1) is 5.52 Å². The smallest absolute Gasteiger partial charge is 0.245 e. The van der Waals surface area contributed by atoms with Crippen LogP contribution in [0.1, 0.15) is 30.4 Å².